The molecule has 0 spiro atoms. The third-order valence-corrected chi connectivity index (χ3v) is 6.99. The van der Waals surface area contributed by atoms with Crippen molar-refractivity contribution >= 4 is 39.3 Å². The molecule has 6 nitrogen and oxygen atoms in total. The zero-order chi connectivity index (χ0) is 25.3. The summed E-state index contributed by atoms with van der Waals surface area (Å²) in [7, 11) is -4.21. The summed E-state index contributed by atoms with van der Waals surface area (Å²) in [5.74, 6) is 0.597. The number of rotatable bonds is 11. The van der Waals surface area contributed by atoms with Gasteiger partial charge in [0.15, 0.2) is 0 Å². The topological polar surface area (TPSA) is 72.9 Å². The zero-order valence-electron chi connectivity index (χ0n) is 19.7. The molecule has 0 fully saturated rings. The van der Waals surface area contributed by atoms with Gasteiger partial charge in [0.25, 0.3) is 15.9 Å². The molecule has 0 radical (unpaired) electrons. The minimum Gasteiger partial charge on any atom is -0.494 e. The van der Waals surface area contributed by atoms with Crippen molar-refractivity contribution in [1.82, 2.24) is 0 Å². The highest BCUT2D eigenvalue weighted by Crippen LogP contribution is 2.27. The highest BCUT2D eigenvalue weighted by atomic mass is 35.5. The Labute approximate surface area is 211 Å². The van der Waals surface area contributed by atoms with Crippen molar-refractivity contribution in [2.45, 2.75) is 31.6 Å². The van der Waals surface area contributed by atoms with E-state index in [1.54, 1.807) is 30.3 Å². The highest BCUT2D eigenvalue weighted by Gasteiger charge is 2.29. The van der Waals surface area contributed by atoms with Crippen LogP contribution in [0.4, 0.5) is 5.69 Å². The third-order valence-electron chi connectivity index (χ3n) is 5.00. The van der Waals surface area contributed by atoms with Crippen molar-refractivity contribution in [3.63, 3.8) is 0 Å². The fraction of sp³-hybridized carbons (Fsp3) is 0.222. The minimum absolute atomic E-state index is 0.0499. The molecular weight excluding hydrogens is 486 g/mol. The largest absolute Gasteiger partial charge is 0.494 e. The normalized spacial score (nSPS) is 11.4. The van der Waals surface area contributed by atoms with Crippen LogP contribution in [0.25, 0.3) is 6.08 Å². The lowest BCUT2D eigenvalue weighted by molar-refractivity contribution is -0.113. The van der Waals surface area contributed by atoms with Crippen molar-refractivity contribution in [1.29, 1.82) is 0 Å². The van der Waals surface area contributed by atoms with Crippen molar-refractivity contribution in [2.75, 3.05) is 17.5 Å². The van der Waals surface area contributed by atoms with E-state index in [0.717, 1.165) is 28.5 Å². The van der Waals surface area contributed by atoms with E-state index in [0.29, 0.717) is 24.0 Å². The highest BCUT2D eigenvalue weighted by molar-refractivity contribution is 7.93. The van der Waals surface area contributed by atoms with Crippen molar-refractivity contribution < 1.29 is 22.7 Å². The van der Waals surface area contributed by atoms with Crippen LogP contribution in [0.15, 0.2) is 83.8 Å². The Morgan fingerprint density at radius 2 is 1.49 bits per heavy atom. The lowest BCUT2D eigenvalue weighted by Gasteiger charge is -2.21. The van der Waals surface area contributed by atoms with E-state index in [1.165, 1.54) is 42.5 Å². The lowest BCUT2D eigenvalue weighted by atomic mass is 10.2. The van der Waals surface area contributed by atoms with Crippen molar-refractivity contribution in [3.05, 3.63) is 89.5 Å². The average molecular weight is 514 g/mol. The van der Waals surface area contributed by atoms with Crippen LogP contribution in [-0.4, -0.2) is 27.5 Å². The van der Waals surface area contributed by atoms with Crippen LogP contribution in [0.5, 0.6) is 11.5 Å². The number of carbonyl (C=O) groups is 1. The summed E-state index contributed by atoms with van der Waals surface area (Å²) >= 11 is 5.92. The van der Waals surface area contributed by atoms with Gasteiger partial charge < -0.3 is 9.47 Å². The summed E-state index contributed by atoms with van der Waals surface area (Å²) in [6.07, 6.45) is 4.82. The Hall–Kier alpha value is -3.29. The molecular formula is C27H28ClNO5S. The molecule has 0 saturated carbocycles. The number of benzene rings is 3. The zero-order valence-corrected chi connectivity index (χ0v) is 21.3. The number of halogens is 1. The van der Waals surface area contributed by atoms with Gasteiger partial charge >= 0.3 is 0 Å². The maximum atomic E-state index is 13.5. The Morgan fingerprint density at radius 1 is 0.886 bits per heavy atom. The molecule has 3 rings (SSSR count). The van der Waals surface area contributed by atoms with Crippen LogP contribution in [0, 0.1) is 0 Å². The van der Waals surface area contributed by atoms with Gasteiger partial charge in [-0.3, -0.25) is 4.79 Å². The summed E-state index contributed by atoms with van der Waals surface area (Å²) in [6.45, 7) is 5.06. The van der Waals surface area contributed by atoms with Crippen LogP contribution in [-0.2, 0) is 14.8 Å². The van der Waals surface area contributed by atoms with E-state index in [1.807, 2.05) is 19.1 Å². The van der Waals surface area contributed by atoms with Gasteiger partial charge in [0.05, 0.1) is 23.8 Å². The quantitative estimate of drug-likeness (QED) is 0.220. The predicted octanol–water partition coefficient (Wildman–Crippen LogP) is 6.35. The van der Waals surface area contributed by atoms with Gasteiger partial charge in [-0.25, -0.2) is 8.42 Å². The van der Waals surface area contributed by atoms with E-state index in [2.05, 4.69) is 6.92 Å². The maximum Gasteiger partial charge on any atom is 0.271 e. The van der Waals surface area contributed by atoms with Crippen LogP contribution < -0.4 is 13.8 Å². The fourth-order valence-electron chi connectivity index (χ4n) is 3.19. The Morgan fingerprint density at radius 3 is 2.09 bits per heavy atom. The molecule has 0 N–H and O–H groups in total. The fourth-order valence-corrected chi connectivity index (χ4v) is 4.70. The smallest absolute Gasteiger partial charge is 0.271 e. The van der Waals surface area contributed by atoms with Gasteiger partial charge in [-0.1, -0.05) is 37.1 Å². The maximum absolute atomic E-state index is 13.5. The van der Waals surface area contributed by atoms with Crippen LogP contribution in [0.1, 0.15) is 32.3 Å². The van der Waals surface area contributed by atoms with Gasteiger partial charge in [-0.2, -0.15) is 4.31 Å². The number of nitrogens with zero attached hydrogens (tertiary/aromatic N) is 1. The molecule has 3 aromatic carbocycles. The standard InChI is InChI=1S/C27H28ClNO5S/c1-3-5-20-34-25-13-6-21(7-14-25)8-19-27(30)29(23-11-15-24(16-12-23)33-4-2)35(31,32)26-17-9-22(28)10-18-26/h6-19H,3-5,20H2,1-2H3/b19-8+. The molecule has 184 valence electrons. The summed E-state index contributed by atoms with van der Waals surface area (Å²) in [4.78, 5) is 13.2. The molecule has 0 heterocycles. The molecule has 3 aromatic rings. The molecule has 0 aliphatic heterocycles. The van der Waals surface area contributed by atoms with E-state index in [9.17, 15) is 13.2 Å². The first-order valence-electron chi connectivity index (χ1n) is 11.3. The molecule has 35 heavy (non-hydrogen) atoms. The van der Waals surface area contributed by atoms with Gasteiger partial charge in [0, 0.05) is 11.1 Å². The summed E-state index contributed by atoms with van der Waals surface area (Å²) in [5, 5.41) is 0.393. The van der Waals surface area contributed by atoms with Crippen molar-refractivity contribution in [2.24, 2.45) is 0 Å². The Kier molecular flexibility index (Phi) is 9.34. The molecule has 0 aliphatic rings. The van der Waals surface area contributed by atoms with E-state index in [4.69, 9.17) is 21.1 Å². The number of hydrogen-bond acceptors (Lipinski definition) is 5. The Bertz CT molecular complexity index is 1240. The monoisotopic (exact) mass is 513 g/mol. The van der Waals surface area contributed by atoms with Gasteiger partial charge in [-0.15, -0.1) is 0 Å². The van der Waals surface area contributed by atoms with E-state index >= 15 is 0 Å². The Balaban J connectivity index is 1.89. The molecule has 0 unspecified atom stereocenters. The van der Waals surface area contributed by atoms with Crippen LogP contribution >= 0.6 is 11.6 Å². The van der Waals surface area contributed by atoms with E-state index < -0.39 is 15.9 Å². The molecule has 1 amide bonds. The lowest BCUT2D eigenvalue weighted by Crippen LogP contribution is -2.35. The number of amides is 1. The number of hydrogen-bond donors (Lipinski definition) is 0. The first kappa shape index (κ1) is 26.3. The molecule has 0 saturated heterocycles. The number of unbranched alkanes of at least 4 members (excludes halogenated alkanes) is 1. The van der Waals surface area contributed by atoms with Gasteiger partial charge in [-0.05, 0) is 85.6 Å². The minimum atomic E-state index is -4.21. The summed E-state index contributed by atoms with van der Waals surface area (Å²) in [5.41, 5.74) is 0.925. The van der Waals surface area contributed by atoms with Gasteiger partial charge in [0.2, 0.25) is 0 Å². The first-order valence-corrected chi connectivity index (χ1v) is 13.2. The molecule has 8 heteroatoms. The number of anilines is 1. The number of carbonyl (C=O) groups excluding carboxylic acids is 1. The van der Waals surface area contributed by atoms with Crippen LogP contribution in [0.2, 0.25) is 5.02 Å². The second-order valence-corrected chi connectivity index (χ2v) is 9.82. The summed E-state index contributed by atoms with van der Waals surface area (Å²) in [6, 6.07) is 19.2. The van der Waals surface area contributed by atoms with Crippen LogP contribution in [0.3, 0.4) is 0 Å². The predicted molar refractivity (Wildman–Crippen MR) is 140 cm³/mol. The first-order chi connectivity index (χ1) is 16.8. The second kappa shape index (κ2) is 12.4. The molecule has 0 aromatic heterocycles. The third kappa shape index (κ3) is 7.10. The molecule has 0 atom stereocenters. The van der Waals surface area contributed by atoms with Crippen molar-refractivity contribution in [3.8, 4) is 11.5 Å². The second-order valence-electron chi connectivity index (χ2n) is 7.59. The summed E-state index contributed by atoms with van der Waals surface area (Å²) < 4.78 is 38.8. The number of sulfonamides is 1. The van der Waals surface area contributed by atoms with Gasteiger partial charge in [0.1, 0.15) is 11.5 Å². The molecule has 0 bridgehead atoms. The molecule has 0 aliphatic carbocycles. The SMILES string of the molecule is CCCCOc1ccc(/C=C/C(=O)N(c2ccc(OCC)cc2)S(=O)(=O)c2ccc(Cl)cc2)cc1. The number of ether oxygens (including phenoxy) is 2. The average Bonchev–Trinajstić information content (AvgIpc) is 2.85. The van der Waals surface area contributed by atoms with E-state index in [-0.39, 0.29) is 10.6 Å².